The van der Waals surface area contributed by atoms with E-state index in [2.05, 4.69) is 20.6 Å². The van der Waals surface area contributed by atoms with E-state index in [1.165, 1.54) is 11.3 Å². The number of carbonyl (C=O) groups excluding carboxylic acids is 1. The van der Waals surface area contributed by atoms with Crippen LogP contribution in [0.15, 0.2) is 45.2 Å². The first-order valence-corrected chi connectivity index (χ1v) is 10.4. The van der Waals surface area contributed by atoms with Gasteiger partial charge >= 0.3 is 12.0 Å². The lowest BCUT2D eigenvalue weighted by Gasteiger charge is -2.09. The van der Waals surface area contributed by atoms with E-state index in [-0.39, 0.29) is 5.82 Å². The minimum Gasteiger partial charge on any atom is -0.501 e. The Hall–Kier alpha value is -3.70. The number of H-pyrrole nitrogens is 1. The second kappa shape index (κ2) is 7.97. The Morgan fingerprint density at radius 2 is 1.97 bits per heavy atom. The Morgan fingerprint density at radius 3 is 2.77 bits per heavy atom. The Morgan fingerprint density at radius 1 is 1.17 bits per heavy atom. The van der Waals surface area contributed by atoms with Crippen LogP contribution < -0.4 is 16.2 Å². The second-order valence-corrected chi connectivity index (χ2v) is 7.84. The molecule has 0 spiro atoms. The number of hydrogen-bond donors (Lipinski definition) is 5. The largest absolute Gasteiger partial charge is 0.501 e. The van der Waals surface area contributed by atoms with Gasteiger partial charge < -0.3 is 25.8 Å². The zero-order chi connectivity index (χ0) is 21.3. The highest BCUT2D eigenvalue weighted by molar-refractivity contribution is 7.17. The average Bonchev–Trinajstić information content (AvgIpc) is 3.35. The first kappa shape index (κ1) is 19.6. The van der Waals surface area contributed by atoms with Crippen LogP contribution in [0.3, 0.4) is 0 Å². The predicted octanol–water partition coefficient (Wildman–Crippen LogP) is 3.44. The molecule has 5 N–H and O–H groups in total. The smallest absolute Gasteiger partial charge is 0.358 e. The van der Waals surface area contributed by atoms with Crippen LogP contribution in [0, 0.1) is 0 Å². The third-order valence-corrected chi connectivity index (χ3v) is 6.02. The number of aromatic carboxylic acids is 1. The van der Waals surface area contributed by atoms with Crippen molar-refractivity contribution in [1.82, 2.24) is 15.3 Å². The van der Waals surface area contributed by atoms with E-state index in [4.69, 9.17) is 5.11 Å². The quantitative estimate of drug-likeness (QED) is 0.320. The Kier molecular flexibility index (Phi) is 5.21. The zero-order valence-corrected chi connectivity index (χ0v) is 16.8. The summed E-state index contributed by atoms with van der Waals surface area (Å²) in [5, 5.41) is 30.4. The van der Waals surface area contributed by atoms with Gasteiger partial charge in [-0.05, 0) is 22.4 Å². The van der Waals surface area contributed by atoms with Crippen LogP contribution in [0.5, 0.6) is 5.75 Å². The fraction of sp³-hybridized carbons (Fsp3) is 0.0526. The molecule has 2 amide bonds. The van der Waals surface area contributed by atoms with Gasteiger partial charge in [-0.3, -0.25) is 4.79 Å². The van der Waals surface area contributed by atoms with E-state index in [1.54, 1.807) is 22.1 Å². The molecule has 30 heavy (non-hydrogen) atoms. The number of nitrogens with one attached hydrogen (secondary N) is 3. The molecule has 0 atom stereocenters. The standard InChI is InChI=1S/C19H14N4O5S2/c24-15-14(18(26)27)22-16(23-17(15)25)11-7-29-8-12(11)21-19(28)20-5-9-6-30-13-4-2-1-3-10(9)13/h1-4,6-8,24H,5H2,(H,26,27)(H2,20,21,28)(H,22,23,25). The number of benzene rings is 1. The lowest BCUT2D eigenvalue weighted by atomic mass is 10.2. The van der Waals surface area contributed by atoms with E-state index in [9.17, 15) is 19.5 Å². The number of urea groups is 1. The number of fused-ring (bicyclic) bond motifs is 1. The minimum absolute atomic E-state index is 0.0735. The number of carboxylic acid groups (broad SMARTS) is 1. The van der Waals surface area contributed by atoms with Crippen LogP contribution >= 0.6 is 22.7 Å². The summed E-state index contributed by atoms with van der Waals surface area (Å²) in [4.78, 5) is 41.5. The minimum atomic E-state index is -1.54. The van der Waals surface area contributed by atoms with Gasteiger partial charge in [-0.25, -0.2) is 14.6 Å². The molecule has 4 aromatic rings. The number of aromatic amines is 1. The molecule has 0 unspecified atom stereocenters. The summed E-state index contributed by atoms with van der Waals surface area (Å²) in [5.41, 5.74) is -0.0801. The van der Waals surface area contributed by atoms with Crippen LogP contribution in [0.4, 0.5) is 10.5 Å². The Balaban J connectivity index is 1.52. The topological polar surface area (TPSA) is 144 Å². The third-order valence-electron chi connectivity index (χ3n) is 4.26. The number of nitrogens with zero attached hydrogens (tertiary/aromatic N) is 1. The fourth-order valence-corrected chi connectivity index (χ4v) is 4.56. The van der Waals surface area contributed by atoms with Gasteiger partial charge in [0.15, 0.2) is 5.69 Å². The van der Waals surface area contributed by atoms with Crippen molar-refractivity contribution in [2.75, 3.05) is 5.32 Å². The molecule has 0 saturated heterocycles. The van der Waals surface area contributed by atoms with Crippen molar-refractivity contribution in [3.8, 4) is 17.1 Å². The highest BCUT2D eigenvalue weighted by atomic mass is 32.1. The molecular formula is C19H14N4O5S2. The molecule has 152 valence electrons. The third kappa shape index (κ3) is 3.75. The number of carboxylic acids is 1. The van der Waals surface area contributed by atoms with Gasteiger partial charge in [0, 0.05) is 22.0 Å². The van der Waals surface area contributed by atoms with Gasteiger partial charge in [0.2, 0.25) is 5.75 Å². The van der Waals surface area contributed by atoms with Crippen molar-refractivity contribution in [2.24, 2.45) is 0 Å². The number of aromatic nitrogens is 2. The Bertz CT molecular complexity index is 1320. The summed E-state index contributed by atoms with van der Waals surface area (Å²) in [6, 6.07) is 7.43. The fourth-order valence-electron chi connectivity index (χ4n) is 2.83. The first-order valence-electron chi connectivity index (χ1n) is 8.57. The maximum atomic E-state index is 12.4. The molecule has 0 bridgehead atoms. The summed E-state index contributed by atoms with van der Waals surface area (Å²) in [7, 11) is 0. The maximum Gasteiger partial charge on any atom is 0.358 e. The highest BCUT2D eigenvalue weighted by Crippen LogP contribution is 2.30. The molecule has 0 radical (unpaired) electrons. The number of rotatable bonds is 5. The maximum absolute atomic E-state index is 12.4. The van der Waals surface area contributed by atoms with Gasteiger partial charge in [-0.1, -0.05) is 18.2 Å². The molecule has 11 heteroatoms. The molecule has 3 heterocycles. The van der Waals surface area contributed by atoms with Crippen LogP contribution in [-0.4, -0.2) is 32.2 Å². The monoisotopic (exact) mass is 442 g/mol. The SMILES string of the molecule is O=C(NCc1csc2ccccc12)Nc1cscc1-c1nc(C(=O)O)c(O)c(=O)[nH]1. The van der Waals surface area contributed by atoms with Crippen molar-refractivity contribution in [3.63, 3.8) is 0 Å². The van der Waals surface area contributed by atoms with Gasteiger partial charge in [-0.15, -0.1) is 22.7 Å². The summed E-state index contributed by atoms with van der Waals surface area (Å²) in [5.74, 6) is -2.59. The lowest BCUT2D eigenvalue weighted by molar-refractivity contribution is 0.0686. The lowest BCUT2D eigenvalue weighted by Crippen LogP contribution is -2.28. The average molecular weight is 442 g/mol. The summed E-state index contributed by atoms with van der Waals surface area (Å²) >= 11 is 2.83. The molecule has 0 aliphatic rings. The predicted molar refractivity (Wildman–Crippen MR) is 114 cm³/mol. The van der Waals surface area contributed by atoms with E-state index in [0.717, 1.165) is 15.6 Å². The van der Waals surface area contributed by atoms with Crippen molar-refractivity contribution in [3.05, 3.63) is 62.0 Å². The molecule has 9 nitrogen and oxygen atoms in total. The normalized spacial score (nSPS) is 10.8. The van der Waals surface area contributed by atoms with Gasteiger partial charge in [0.25, 0.3) is 5.56 Å². The highest BCUT2D eigenvalue weighted by Gasteiger charge is 2.20. The molecular weight excluding hydrogens is 428 g/mol. The van der Waals surface area contributed by atoms with E-state index >= 15 is 0 Å². The molecule has 3 aromatic heterocycles. The first-order chi connectivity index (χ1) is 14.4. The molecule has 1 aromatic carbocycles. The van der Waals surface area contributed by atoms with Crippen LogP contribution in [0.1, 0.15) is 16.1 Å². The van der Waals surface area contributed by atoms with Crippen molar-refractivity contribution < 1.29 is 19.8 Å². The Labute approximate surface area is 176 Å². The molecule has 4 rings (SSSR count). The molecule has 0 fully saturated rings. The molecule has 0 aliphatic heterocycles. The van der Waals surface area contributed by atoms with Crippen molar-refractivity contribution in [1.29, 1.82) is 0 Å². The summed E-state index contributed by atoms with van der Waals surface area (Å²) in [6.45, 7) is 0.326. The number of aromatic hydroxyl groups is 1. The van der Waals surface area contributed by atoms with Crippen molar-refractivity contribution >= 4 is 50.4 Å². The molecule has 0 aliphatic carbocycles. The van der Waals surface area contributed by atoms with Gasteiger partial charge in [0.05, 0.1) is 11.3 Å². The number of carbonyl (C=O) groups is 2. The number of thiophene rings is 2. The van der Waals surface area contributed by atoms with Crippen LogP contribution in [0.2, 0.25) is 0 Å². The second-order valence-electron chi connectivity index (χ2n) is 6.18. The van der Waals surface area contributed by atoms with Crippen LogP contribution in [-0.2, 0) is 6.54 Å². The van der Waals surface area contributed by atoms with Gasteiger partial charge in [0.1, 0.15) is 5.82 Å². The number of anilines is 1. The molecule has 0 saturated carbocycles. The van der Waals surface area contributed by atoms with Crippen molar-refractivity contribution in [2.45, 2.75) is 6.54 Å². The van der Waals surface area contributed by atoms with E-state index < -0.39 is 29.0 Å². The van der Waals surface area contributed by atoms with Gasteiger partial charge in [-0.2, -0.15) is 0 Å². The number of amides is 2. The zero-order valence-electron chi connectivity index (χ0n) is 15.1. The van der Waals surface area contributed by atoms with Crippen LogP contribution in [0.25, 0.3) is 21.5 Å². The summed E-state index contributed by atoms with van der Waals surface area (Å²) in [6.07, 6.45) is 0. The number of hydrogen-bond acceptors (Lipinski definition) is 7. The summed E-state index contributed by atoms with van der Waals surface area (Å²) < 4.78 is 1.13. The van der Waals surface area contributed by atoms with E-state index in [1.807, 2.05) is 29.6 Å². The van der Waals surface area contributed by atoms with E-state index in [0.29, 0.717) is 17.8 Å².